The van der Waals surface area contributed by atoms with E-state index in [2.05, 4.69) is 4.98 Å². The highest BCUT2D eigenvalue weighted by atomic mass is 16.3. The Bertz CT molecular complexity index is 488. The number of benzene rings is 1. The summed E-state index contributed by atoms with van der Waals surface area (Å²) in [5, 5.41) is 0. The summed E-state index contributed by atoms with van der Waals surface area (Å²) in [6, 6.07) is 5.47. The first kappa shape index (κ1) is 8.74. The van der Waals surface area contributed by atoms with Gasteiger partial charge >= 0.3 is 0 Å². The number of nitrogens with two attached hydrogens (primary N) is 1. The van der Waals surface area contributed by atoms with E-state index in [0.717, 1.165) is 11.1 Å². The molecule has 2 rings (SSSR count). The molecule has 0 spiro atoms. The predicted octanol–water partition coefficient (Wildman–Crippen LogP) is 1.16. The van der Waals surface area contributed by atoms with Crippen molar-refractivity contribution in [2.75, 3.05) is 0 Å². The van der Waals surface area contributed by atoms with Crippen LogP contribution >= 0.6 is 0 Å². The molecule has 72 valence electrons. The minimum atomic E-state index is -0.363. The molecular formula is C10H10N2O2. The van der Waals surface area contributed by atoms with Gasteiger partial charge in [-0.3, -0.25) is 4.79 Å². The summed E-state index contributed by atoms with van der Waals surface area (Å²) in [6.07, 6.45) is 0.198. The molecule has 1 heterocycles. The molecule has 0 unspecified atom stereocenters. The smallest absolute Gasteiger partial charge is 0.221 e. The van der Waals surface area contributed by atoms with Crippen LogP contribution in [0.5, 0.6) is 0 Å². The van der Waals surface area contributed by atoms with Gasteiger partial charge in [-0.15, -0.1) is 0 Å². The largest absolute Gasteiger partial charge is 0.441 e. The van der Waals surface area contributed by atoms with Crippen molar-refractivity contribution in [1.82, 2.24) is 4.98 Å². The van der Waals surface area contributed by atoms with E-state index in [9.17, 15) is 4.79 Å². The van der Waals surface area contributed by atoms with E-state index in [1.807, 2.05) is 18.2 Å². The summed E-state index contributed by atoms with van der Waals surface area (Å²) in [5.74, 6) is 0.232. The number of para-hydroxylation sites is 1. The molecule has 1 amide bonds. The maximum absolute atomic E-state index is 10.8. The highest BCUT2D eigenvalue weighted by Gasteiger charge is 2.08. The fourth-order valence-corrected chi connectivity index (χ4v) is 1.45. The Labute approximate surface area is 80.7 Å². The second-order valence-corrected chi connectivity index (χ2v) is 3.14. The predicted molar refractivity (Wildman–Crippen MR) is 51.6 cm³/mol. The fraction of sp³-hybridized carbons (Fsp3) is 0.200. The van der Waals surface area contributed by atoms with Crippen LogP contribution in [0.1, 0.15) is 11.5 Å². The van der Waals surface area contributed by atoms with E-state index < -0.39 is 0 Å². The first-order chi connectivity index (χ1) is 6.66. The van der Waals surface area contributed by atoms with Gasteiger partial charge in [-0.05, 0) is 11.6 Å². The maximum atomic E-state index is 10.8. The SMILES string of the molecule is Cc1nc2c(CC(N)=O)cccc2o1. The van der Waals surface area contributed by atoms with E-state index >= 15 is 0 Å². The zero-order valence-corrected chi connectivity index (χ0v) is 7.78. The van der Waals surface area contributed by atoms with E-state index in [4.69, 9.17) is 10.2 Å². The van der Waals surface area contributed by atoms with Crippen molar-refractivity contribution < 1.29 is 9.21 Å². The Balaban J connectivity index is 2.58. The van der Waals surface area contributed by atoms with Crippen LogP contribution in [0.2, 0.25) is 0 Å². The molecule has 4 nitrogen and oxygen atoms in total. The molecule has 1 aromatic carbocycles. The summed E-state index contributed by atoms with van der Waals surface area (Å²) in [7, 11) is 0. The second kappa shape index (κ2) is 3.14. The quantitative estimate of drug-likeness (QED) is 0.772. The number of carbonyl (C=O) groups is 1. The Morgan fingerprint density at radius 3 is 3.07 bits per heavy atom. The lowest BCUT2D eigenvalue weighted by atomic mass is 10.1. The second-order valence-electron chi connectivity index (χ2n) is 3.14. The van der Waals surface area contributed by atoms with Crippen LogP contribution in [0.15, 0.2) is 22.6 Å². The first-order valence-corrected chi connectivity index (χ1v) is 4.30. The Morgan fingerprint density at radius 2 is 2.36 bits per heavy atom. The van der Waals surface area contributed by atoms with Crippen molar-refractivity contribution in [3.05, 3.63) is 29.7 Å². The topological polar surface area (TPSA) is 69.1 Å². The minimum absolute atomic E-state index is 0.198. The average Bonchev–Trinajstić information content (AvgIpc) is 2.45. The van der Waals surface area contributed by atoms with Crippen LogP contribution in [-0.2, 0) is 11.2 Å². The molecule has 0 bridgehead atoms. The molecule has 0 aliphatic heterocycles. The van der Waals surface area contributed by atoms with Crippen LogP contribution in [0, 0.1) is 6.92 Å². The van der Waals surface area contributed by atoms with E-state index in [-0.39, 0.29) is 12.3 Å². The number of carbonyl (C=O) groups excluding carboxylic acids is 1. The normalized spacial score (nSPS) is 10.6. The van der Waals surface area contributed by atoms with Crippen LogP contribution in [-0.4, -0.2) is 10.9 Å². The molecule has 0 saturated heterocycles. The molecule has 0 radical (unpaired) electrons. The van der Waals surface area contributed by atoms with E-state index in [1.54, 1.807) is 6.92 Å². The number of hydrogen-bond donors (Lipinski definition) is 1. The number of fused-ring (bicyclic) bond motifs is 1. The zero-order valence-electron chi connectivity index (χ0n) is 7.78. The molecule has 0 atom stereocenters. The Kier molecular flexibility index (Phi) is 1.96. The van der Waals surface area contributed by atoms with Crippen LogP contribution in [0.3, 0.4) is 0 Å². The number of nitrogens with zero attached hydrogens (tertiary/aromatic N) is 1. The van der Waals surface area contributed by atoms with Crippen molar-refractivity contribution in [3.8, 4) is 0 Å². The minimum Gasteiger partial charge on any atom is -0.441 e. The lowest BCUT2D eigenvalue weighted by Gasteiger charge is -1.96. The molecule has 2 N–H and O–H groups in total. The number of oxazole rings is 1. The number of hydrogen-bond acceptors (Lipinski definition) is 3. The van der Waals surface area contributed by atoms with Gasteiger partial charge in [-0.25, -0.2) is 4.98 Å². The van der Waals surface area contributed by atoms with E-state index in [0.29, 0.717) is 11.5 Å². The van der Waals surface area contributed by atoms with Gasteiger partial charge in [0.2, 0.25) is 5.91 Å². The standard InChI is InChI=1S/C10H10N2O2/c1-6-12-10-7(5-9(11)13)3-2-4-8(10)14-6/h2-4H,5H2,1H3,(H2,11,13). The molecule has 0 fully saturated rings. The van der Waals surface area contributed by atoms with Crippen LogP contribution in [0.25, 0.3) is 11.1 Å². The molecule has 14 heavy (non-hydrogen) atoms. The number of aromatic nitrogens is 1. The van der Waals surface area contributed by atoms with Gasteiger partial charge in [-0.1, -0.05) is 12.1 Å². The summed E-state index contributed by atoms with van der Waals surface area (Å²) < 4.78 is 5.33. The number of amides is 1. The Morgan fingerprint density at radius 1 is 1.57 bits per heavy atom. The van der Waals surface area contributed by atoms with Crippen molar-refractivity contribution >= 4 is 17.0 Å². The molecular weight excluding hydrogens is 180 g/mol. The first-order valence-electron chi connectivity index (χ1n) is 4.30. The van der Waals surface area contributed by atoms with Crippen molar-refractivity contribution in [1.29, 1.82) is 0 Å². The summed E-state index contributed by atoms with van der Waals surface area (Å²) in [5.41, 5.74) is 7.36. The van der Waals surface area contributed by atoms with Crippen LogP contribution < -0.4 is 5.73 Å². The van der Waals surface area contributed by atoms with E-state index in [1.165, 1.54) is 0 Å². The average molecular weight is 190 g/mol. The lowest BCUT2D eigenvalue weighted by Crippen LogP contribution is -2.13. The van der Waals surface area contributed by atoms with Gasteiger partial charge in [0.05, 0.1) is 6.42 Å². The van der Waals surface area contributed by atoms with Crippen LogP contribution in [0.4, 0.5) is 0 Å². The number of primary amides is 1. The molecule has 0 aliphatic carbocycles. The third-order valence-electron chi connectivity index (χ3n) is 1.97. The lowest BCUT2D eigenvalue weighted by molar-refractivity contribution is -0.117. The highest BCUT2D eigenvalue weighted by Crippen LogP contribution is 2.19. The molecule has 1 aromatic heterocycles. The van der Waals surface area contributed by atoms with Gasteiger partial charge in [0.25, 0.3) is 0 Å². The third-order valence-corrected chi connectivity index (χ3v) is 1.97. The highest BCUT2D eigenvalue weighted by molar-refractivity contribution is 5.84. The Hall–Kier alpha value is -1.84. The van der Waals surface area contributed by atoms with Gasteiger partial charge < -0.3 is 10.2 Å². The van der Waals surface area contributed by atoms with Gasteiger partial charge in [-0.2, -0.15) is 0 Å². The summed E-state index contributed by atoms with van der Waals surface area (Å²) in [6.45, 7) is 1.77. The summed E-state index contributed by atoms with van der Waals surface area (Å²) in [4.78, 5) is 15.0. The monoisotopic (exact) mass is 190 g/mol. The van der Waals surface area contributed by atoms with Gasteiger partial charge in [0.15, 0.2) is 11.5 Å². The molecule has 0 saturated carbocycles. The molecule has 4 heteroatoms. The zero-order chi connectivity index (χ0) is 10.1. The fourth-order valence-electron chi connectivity index (χ4n) is 1.45. The van der Waals surface area contributed by atoms with Crippen molar-refractivity contribution in [3.63, 3.8) is 0 Å². The maximum Gasteiger partial charge on any atom is 0.221 e. The number of aryl methyl sites for hydroxylation is 1. The van der Waals surface area contributed by atoms with Gasteiger partial charge in [0.1, 0.15) is 5.52 Å². The molecule has 0 aliphatic rings. The third kappa shape index (κ3) is 1.46. The van der Waals surface area contributed by atoms with Gasteiger partial charge in [0, 0.05) is 6.92 Å². The number of rotatable bonds is 2. The molecule has 2 aromatic rings. The van der Waals surface area contributed by atoms with Crippen molar-refractivity contribution in [2.45, 2.75) is 13.3 Å². The summed E-state index contributed by atoms with van der Waals surface area (Å²) >= 11 is 0. The van der Waals surface area contributed by atoms with Crippen molar-refractivity contribution in [2.24, 2.45) is 5.73 Å².